The topological polar surface area (TPSA) is 169 Å². The summed E-state index contributed by atoms with van der Waals surface area (Å²) in [6.45, 7) is -0.495. The van der Waals surface area contributed by atoms with Crippen LogP contribution < -0.4 is 30.1 Å². The van der Waals surface area contributed by atoms with Crippen LogP contribution in [-0.4, -0.2) is 50.2 Å². The average Bonchev–Trinajstić information content (AvgIpc) is 3.01. The number of para-hydroxylation sites is 2. The number of aromatic hydroxyl groups is 1. The molecule has 0 aliphatic heterocycles. The Bertz CT molecular complexity index is 1950. The maximum Gasteiger partial charge on any atom is 0.263 e. The number of sulfonamides is 1. The summed E-state index contributed by atoms with van der Waals surface area (Å²) in [4.78, 5) is 21.9. The van der Waals surface area contributed by atoms with Gasteiger partial charge in [-0.1, -0.05) is 24.3 Å². The van der Waals surface area contributed by atoms with Crippen molar-refractivity contribution in [2.75, 3.05) is 35.7 Å². The summed E-state index contributed by atoms with van der Waals surface area (Å²) in [6, 6.07) is 21.3. The number of fused-ring (bicyclic) bond motifs is 1. The number of rotatable bonds is 11. The number of nitrogens with one attached hydrogen (secondary N) is 2. The number of hydrogen-bond acceptors (Lipinski definition) is 10. The Morgan fingerprint density at radius 2 is 1.55 bits per heavy atom. The summed E-state index contributed by atoms with van der Waals surface area (Å²) >= 11 is 0. The Morgan fingerprint density at radius 3 is 2.18 bits per heavy atom. The van der Waals surface area contributed by atoms with E-state index in [1.807, 2.05) is 0 Å². The highest BCUT2D eigenvalue weighted by atomic mass is 32.2. The maximum atomic E-state index is 14.8. The molecule has 1 aromatic heterocycles. The molecule has 5 aromatic rings. The number of ether oxygens (including phenoxy) is 2. The van der Waals surface area contributed by atoms with Crippen molar-refractivity contribution in [2.45, 2.75) is 4.90 Å². The van der Waals surface area contributed by atoms with Crippen LogP contribution in [0.2, 0.25) is 0 Å². The number of carbonyl (C=O) groups is 1. The lowest BCUT2D eigenvalue weighted by molar-refractivity contribution is -0.116. The number of phenols is 1. The first-order chi connectivity index (χ1) is 21.1. The molecule has 0 radical (unpaired) electrons. The summed E-state index contributed by atoms with van der Waals surface area (Å²) in [6.07, 6.45) is 0. The normalized spacial score (nSPS) is 11.2. The standard InChI is InChI=1S/C30H27FN6O6S/c1-42-20-13-18(14-21(16-20)43-2)33-29-30(35-24-10-4-3-9-23(24)34-29)36-44(40,41)22-8-5-7-19(15-22)37(17-27(32)39)25-11-6-12-26(38)28(25)31/h3-16,38H,17H2,1-2H3,(H2,32,39)(H,33,34)(H,35,36). The van der Waals surface area contributed by atoms with Gasteiger partial charge in [-0.25, -0.2) is 22.8 Å². The molecule has 44 heavy (non-hydrogen) atoms. The number of methoxy groups -OCH3 is 2. The fourth-order valence-electron chi connectivity index (χ4n) is 4.37. The van der Waals surface area contributed by atoms with Crippen LogP contribution in [0.15, 0.2) is 89.8 Å². The molecule has 0 saturated carbocycles. The Balaban J connectivity index is 1.55. The molecule has 1 amide bonds. The quantitative estimate of drug-likeness (QED) is 0.163. The number of amides is 1. The Hall–Kier alpha value is -5.63. The number of phenolic OH excluding ortho intramolecular Hbond substituents is 1. The molecule has 14 heteroatoms. The predicted octanol–water partition coefficient (Wildman–Crippen LogP) is 4.66. The van der Waals surface area contributed by atoms with Crippen LogP contribution in [-0.2, 0) is 14.8 Å². The Morgan fingerprint density at radius 1 is 0.909 bits per heavy atom. The summed E-state index contributed by atoms with van der Waals surface area (Å²) in [5, 5.41) is 13.0. The number of primary amides is 1. The zero-order chi connectivity index (χ0) is 31.4. The Kier molecular flexibility index (Phi) is 8.35. The monoisotopic (exact) mass is 618 g/mol. The van der Waals surface area contributed by atoms with Crippen LogP contribution in [0.4, 0.5) is 33.1 Å². The highest BCUT2D eigenvalue weighted by Crippen LogP contribution is 2.34. The summed E-state index contributed by atoms with van der Waals surface area (Å²) in [5.41, 5.74) is 6.79. The van der Waals surface area contributed by atoms with Crippen molar-refractivity contribution < 1.29 is 32.2 Å². The van der Waals surface area contributed by atoms with Gasteiger partial charge >= 0.3 is 0 Å². The molecule has 226 valence electrons. The highest BCUT2D eigenvalue weighted by molar-refractivity contribution is 7.92. The van der Waals surface area contributed by atoms with E-state index in [4.69, 9.17) is 15.2 Å². The zero-order valence-electron chi connectivity index (χ0n) is 23.5. The van der Waals surface area contributed by atoms with Crippen LogP contribution >= 0.6 is 0 Å². The van der Waals surface area contributed by atoms with E-state index in [0.29, 0.717) is 28.2 Å². The maximum absolute atomic E-state index is 14.8. The fraction of sp³-hybridized carbons (Fsp3) is 0.100. The third-order valence-electron chi connectivity index (χ3n) is 6.42. The molecule has 1 heterocycles. The zero-order valence-corrected chi connectivity index (χ0v) is 24.3. The van der Waals surface area contributed by atoms with E-state index < -0.39 is 34.0 Å². The van der Waals surface area contributed by atoms with Crippen molar-refractivity contribution in [1.29, 1.82) is 0 Å². The minimum atomic E-state index is -4.34. The number of carbonyl (C=O) groups excluding carboxylic acids is 1. The second-order valence-corrected chi connectivity index (χ2v) is 11.1. The first kappa shape index (κ1) is 29.8. The van der Waals surface area contributed by atoms with Crippen molar-refractivity contribution in [3.05, 3.63) is 90.7 Å². The molecule has 5 N–H and O–H groups in total. The summed E-state index contributed by atoms with van der Waals surface area (Å²) in [5.74, 6) is -1.50. The highest BCUT2D eigenvalue weighted by Gasteiger charge is 2.23. The van der Waals surface area contributed by atoms with Gasteiger partial charge in [0.1, 0.15) is 18.0 Å². The van der Waals surface area contributed by atoms with Gasteiger partial charge in [0.05, 0.1) is 35.8 Å². The lowest BCUT2D eigenvalue weighted by Crippen LogP contribution is -2.31. The number of nitrogens with two attached hydrogens (primary N) is 1. The lowest BCUT2D eigenvalue weighted by atomic mass is 10.2. The SMILES string of the molecule is COc1cc(Nc2nc3ccccc3nc2NS(=O)(=O)c2cccc(N(CC(N)=O)c3cccc(O)c3F)c2)cc(OC)c1. The van der Waals surface area contributed by atoms with Gasteiger partial charge in [-0.05, 0) is 42.5 Å². The smallest absolute Gasteiger partial charge is 0.263 e. The average molecular weight is 619 g/mol. The number of anilines is 5. The third-order valence-corrected chi connectivity index (χ3v) is 7.75. The van der Waals surface area contributed by atoms with Crippen molar-refractivity contribution in [3.63, 3.8) is 0 Å². The number of hydrogen-bond donors (Lipinski definition) is 4. The molecule has 5 rings (SSSR count). The number of halogens is 1. The van der Waals surface area contributed by atoms with Gasteiger partial charge < -0.3 is 30.5 Å². The van der Waals surface area contributed by atoms with Crippen molar-refractivity contribution >= 4 is 55.7 Å². The molecular weight excluding hydrogens is 591 g/mol. The predicted molar refractivity (Wildman–Crippen MR) is 164 cm³/mol. The fourth-order valence-corrected chi connectivity index (χ4v) is 5.42. The van der Waals surface area contributed by atoms with E-state index in [2.05, 4.69) is 20.0 Å². The second-order valence-electron chi connectivity index (χ2n) is 9.40. The van der Waals surface area contributed by atoms with E-state index in [1.54, 1.807) is 42.5 Å². The van der Waals surface area contributed by atoms with Crippen molar-refractivity contribution in [1.82, 2.24) is 9.97 Å². The summed E-state index contributed by atoms with van der Waals surface area (Å²) < 4.78 is 55.5. The van der Waals surface area contributed by atoms with Crippen molar-refractivity contribution in [3.8, 4) is 17.2 Å². The molecule has 0 spiro atoms. The largest absolute Gasteiger partial charge is 0.505 e. The van der Waals surface area contributed by atoms with Gasteiger partial charge in [0, 0.05) is 29.6 Å². The first-order valence-corrected chi connectivity index (χ1v) is 14.5. The molecule has 0 aliphatic rings. The molecule has 0 aliphatic carbocycles. The Labute approximate surface area is 251 Å². The lowest BCUT2D eigenvalue weighted by Gasteiger charge is -2.24. The minimum Gasteiger partial charge on any atom is -0.505 e. The van der Waals surface area contributed by atoms with Crippen LogP contribution in [0.3, 0.4) is 0 Å². The van der Waals surface area contributed by atoms with Gasteiger partial charge in [0.2, 0.25) is 5.91 Å². The van der Waals surface area contributed by atoms with Crippen LogP contribution in [0.1, 0.15) is 0 Å². The minimum absolute atomic E-state index is 0.0934. The molecule has 12 nitrogen and oxygen atoms in total. The molecule has 0 unspecified atom stereocenters. The second kappa shape index (κ2) is 12.3. The molecule has 0 saturated heterocycles. The van der Waals surface area contributed by atoms with Crippen LogP contribution in [0, 0.1) is 5.82 Å². The number of nitrogens with zero attached hydrogens (tertiary/aromatic N) is 3. The van der Waals surface area contributed by atoms with Crippen molar-refractivity contribution in [2.24, 2.45) is 5.73 Å². The van der Waals surface area contributed by atoms with Crippen LogP contribution in [0.5, 0.6) is 17.2 Å². The van der Waals surface area contributed by atoms with E-state index in [9.17, 15) is 22.7 Å². The molecule has 0 atom stereocenters. The van der Waals surface area contributed by atoms with E-state index in [1.165, 1.54) is 50.6 Å². The van der Waals surface area contributed by atoms with Gasteiger partial charge in [-0.3, -0.25) is 9.52 Å². The third kappa shape index (κ3) is 6.39. The van der Waals surface area contributed by atoms with Gasteiger partial charge in [0.15, 0.2) is 23.2 Å². The van der Waals surface area contributed by atoms with E-state index >= 15 is 0 Å². The van der Waals surface area contributed by atoms with Crippen LogP contribution in [0.25, 0.3) is 11.0 Å². The molecular formula is C30H27FN6O6S. The van der Waals surface area contributed by atoms with Gasteiger partial charge in [0.25, 0.3) is 10.0 Å². The number of aromatic nitrogens is 2. The van der Waals surface area contributed by atoms with E-state index in [-0.39, 0.29) is 27.9 Å². The molecule has 4 aromatic carbocycles. The van der Waals surface area contributed by atoms with E-state index in [0.717, 1.165) is 11.0 Å². The van der Waals surface area contributed by atoms with Gasteiger partial charge in [-0.15, -0.1) is 0 Å². The number of benzene rings is 4. The summed E-state index contributed by atoms with van der Waals surface area (Å²) in [7, 11) is -1.33. The first-order valence-electron chi connectivity index (χ1n) is 13.0. The molecule has 0 bridgehead atoms. The van der Waals surface area contributed by atoms with Gasteiger partial charge in [-0.2, -0.15) is 0 Å². The molecule has 0 fully saturated rings.